The maximum absolute atomic E-state index is 13.1. The molecular weight excluding hydrogens is 1260 g/mol. The zero-order valence-electron chi connectivity index (χ0n) is 62.8. The average Bonchev–Trinajstić information content (AvgIpc) is 1.60. The van der Waals surface area contributed by atoms with Crippen molar-refractivity contribution in [2.24, 2.45) is 17.8 Å². The van der Waals surface area contributed by atoms with Gasteiger partial charge in [0.2, 0.25) is 0 Å². The molecule has 7 atom stereocenters. The SMILES string of the molecule is CCCCCCCCCC(=O)OC[C@H](COP(=O)(O)OC[C@H](O)COP(=O)(O)OC[C@@H](COC(=O)CCCCCCCCCCCCCCCCC(C)CC)OC(=O)CCCCCCCCCCCCCCCCCCCCC(C)C)OC(=O)CCCCCCCCC(C)CC. The molecule has 0 aromatic rings. The third-order valence-corrected chi connectivity index (χ3v) is 20.5. The van der Waals surface area contributed by atoms with E-state index in [-0.39, 0.29) is 25.7 Å². The normalized spacial score (nSPS) is 14.6. The van der Waals surface area contributed by atoms with E-state index in [2.05, 4.69) is 48.5 Å². The second kappa shape index (κ2) is 67.5. The zero-order chi connectivity index (χ0) is 70.9. The highest BCUT2D eigenvalue weighted by atomic mass is 31.2. The molecule has 0 aromatic carbocycles. The van der Waals surface area contributed by atoms with Gasteiger partial charge in [0.25, 0.3) is 0 Å². The van der Waals surface area contributed by atoms with Gasteiger partial charge in [-0.25, -0.2) is 9.13 Å². The molecule has 0 aromatic heterocycles. The Bertz CT molecular complexity index is 1870. The Morgan fingerprint density at radius 3 is 0.792 bits per heavy atom. The van der Waals surface area contributed by atoms with Crippen LogP contribution < -0.4 is 0 Å². The van der Waals surface area contributed by atoms with Gasteiger partial charge in [0, 0.05) is 25.7 Å². The Morgan fingerprint density at radius 1 is 0.302 bits per heavy atom. The molecule has 0 radical (unpaired) electrons. The molecule has 0 spiro atoms. The second-order valence-corrected chi connectivity index (χ2v) is 31.6. The highest BCUT2D eigenvalue weighted by molar-refractivity contribution is 7.47. The average molecular weight is 1410 g/mol. The van der Waals surface area contributed by atoms with Crippen molar-refractivity contribution < 1.29 is 80.2 Å². The Labute approximate surface area is 588 Å². The quantitative estimate of drug-likeness (QED) is 0.0222. The van der Waals surface area contributed by atoms with Crippen molar-refractivity contribution in [3.63, 3.8) is 0 Å². The maximum Gasteiger partial charge on any atom is 0.472 e. The fourth-order valence-electron chi connectivity index (χ4n) is 11.7. The molecular formula is C77H150O17P2. The number of esters is 4. The first kappa shape index (κ1) is 94.1. The fraction of sp³-hybridized carbons (Fsp3) is 0.948. The van der Waals surface area contributed by atoms with Gasteiger partial charge in [-0.15, -0.1) is 0 Å². The van der Waals surface area contributed by atoms with Crippen molar-refractivity contribution in [2.45, 2.75) is 414 Å². The lowest BCUT2D eigenvalue weighted by Gasteiger charge is -2.21. The van der Waals surface area contributed by atoms with E-state index in [9.17, 15) is 43.2 Å². The first-order valence-electron chi connectivity index (χ1n) is 39.9. The van der Waals surface area contributed by atoms with Gasteiger partial charge < -0.3 is 33.8 Å². The number of phosphoric acid groups is 2. The molecule has 96 heavy (non-hydrogen) atoms. The molecule has 4 unspecified atom stereocenters. The lowest BCUT2D eigenvalue weighted by atomic mass is 9.99. The zero-order valence-corrected chi connectivity index (χ0v) is 64.6. The van der Waals surface area contributed by atoms with E-state index in [1.165, 1.54) is 193 Å². The first-order valence-corrected chi connectivity index (χ1v) is 42.9. The Hall–Kier alpha value is -1.94. The van der Waals surface area contributed by atoms with E-state index < -0.39 is 97.5 Å². The number of hydrogen-bond donors (Lipinski definition) is 3. The summed E-state index contributed by atoms with van der Waals surface area (Å²) in [6.07, 6.45) is 54.4. The molecule has 19 heteroatoms. The molecule has 0 fully saturated rings. The standard InChI is InChI=1S/C77H150O17P2/c1-8-11-12-13-34-44-51-58-74(79)87-64-73(94-77(82)61-54-47-40-39-43-50-57-70(7)10-3)67-92-96(85,86)90-63-71(78)62-89-95(83,84)91-66-72(65-88-75(80)59-52-45-37-32-28-24-21-20-23-27-31-36-42-49-56-69(6)9-2)93-76(81)60-53-46-38-33-29-25-19-17-15-14-16-18-22-26-30-35-41-48-55-68(4)5/h68-73,78H,8-67H2,1-7H3,(H,83,84)(H,85,86)/t69?,70?,71-,72-,73-/m1/s1. The lowest BCUT2D eigenvalue weighted by molar-refractivity contribution is -0.161. The minimum atomic E-state index is -4.96. The lowest BCUT2D eigenvalue weighted by Crippen LogP contribution is -2.30. The molecule has 3 N–H and O–H groups in total. The summed E-state index contributed by atoms with van der Waals surface area (Å²) in [5.41, 5.74) is 0. The topological polar surface area (TPSA) is 237 Å². The van der Waals surface area contributed by atoms with Crippen molar-refractivity contribution in [1.82, 2.24) is 0 Å². The third-order valence-electron chi connectivity index (χ3n) is 18.6. The monoisotopic (exact) mass is 1410 g/mol. The summed E-state index contributed by atoms with van der Waals surface area (Å²) in [6, 6.07) is 0. The van der Waals surface area contributed by atoms with Crippen LogP contribution in [0, 0.1) is 17.8 Å². The summed E-state index contributed by atoms with van der Waals surface area (Å²) in [6.45, 7) is 11.9. The van der Waals surface area contributed by atoms with Crippen LogP contribution >= 0.6 is 15.6 Å². The summed E-state index contributed by atoms with van der Waals surface area (Å²) in [5, 5.41) is 10.6. The van der Waals surface area contributed by atoms with Crippen molar-refractivity contribution in [2.75, 3.05) is 39.6 Å². The summed E-state index contributed by atoms with van der Waals surface area (Å²) in [5.74, 6) is 0.266. The van der Waals surface area contributed by atoms with Crippen LogP contribution in [0.4, 0.5) is 0 Å². The minimum absolute atomic E-state index is 0.103. The molecule has 0 amide bonds. The molecule has 0 aliphatic rings. The van der Waals surface area contributed by atoms with Gasteiger partial charge in [-0.05, 0) is 43.4 Å². The molecule has 0 bridgehead atoms. The Morgan fingerprint density at radius 2 is 0.531 bits per heavy atom. The summed E-state index contributed by atoms with van der Waals surface area (Å²) in [4.78, 5) is 72.6. The highest BCUT2D eigenvalue weighted by Crippen LogP contribution is 2.45. The van der Waals surface area contributed by atoms with Crippen LogP contribution in [-0.4, -0.2) is 96.7 Å². The van der Waals surface area contributed by atoms with E-state index in [1.807, 2.05) is 0 Å². The number of hydrogen-bond acceptors (Lipinski definition) is 15. The van der Waals surface area contributed by atoms with Gasteiger partial charge in [-0.1, -0.05) is 344 Å². The number of carbonyl (C=O) groups excluding carboxylic acids is 4. The molecule has 17 nitrogen and oxygen atoms in total. The second-order valence-electron chi connectivity index (χ2n) is 28.7. The van der Waals surface area contributed by atoms with Gasteiger partial charge >= 0.3 is 39.5 Å². The summed E-state index contributed by atoms with van der Waals surface area (Å²) < 4.78 is 68.4. The largest absolute Gasteiger partial charge is 0.472 e. The van der Waals surface area contributed by atoms with Gasteiger partial charge in [0.05, 0.1) is 26.4 Å². The first-order chi connectivity index (χ1) is 46.3. The molecule has 0 heterocycles. The molecule has 0 saturated carbocycles. The maximum atomic E-state index is 13.1. The molecule has 570 valence electrons. The van der Waals surface area contributed by atoms with Gasteiger partial charge in [0.1, 0.15) is 19.3 Å². The Kier molecular flexibility index (Phi) is 66.2. The third kappa shape index (κ3) is 67.9. The number of phosphoric ester groups is 2. The van der Waals surface area contributed by atoms with Crippen molar-refractivity contribution in [3.8, 4) is 0 Å². The molecule has 0 rings (SSSR count). The van der Waals surface area contributed by atoms with Crippen LogP contribution in [0.15, 0.2) is 0 Å². The number of aliphatic hydroxyl groups is 1. The van der Waals surface area contributed by atoms with Crippen LogP contribution in [0.25, 0.3) is 0 Å². The minimum Gasteiger partial charge on any atom is -0.462 e. The number of ether oxygens (including phenoxy) is 4. The molecule has 0 aliphatic heterocycles. The van der Waals surface area contributed by atoms with E-state index in [0.29, 0.717) is 25.7 Å². The number of carbonyl (C=O) groups is 4. The van der Waals surface area contributed by atoms with Crippen LogP contribution in [-0.2, 0) is 65.4 Å². The van der Waals surface area contributed by atoms with Crippen molar-refractivity contribution in [3.05, 3.63) is 0 Å². The smallest absolute Gasteiger partial charge is 0.462 e. The molecule has 0 saturated heterocycles. The highest BCUT2D eigenvalue weighted by Gasteiger charge is 2.30. The summed E-state index contributed by atoms with van der Waals surface area (Å²) >= 11 is 0. The van der Waals surface area contributed by atoms with E-state index in [0.717, 1.165) is 120 Å². The van der Waals surface area contributed by atoms with Gasteiger partial charge in [0.15, 0.2) is 12.2 Å². The number of unbranched alkanes of at least 4 members (excludes halogenated alkanes) is 41. The fourth-order valence-corrected chi connectivity index (χ4v) is 13.3. The number of aliphatic hydroxyl groups excluding tert-OH is 1. The van der Waals surface area contributed by atoms with E-state index in [1.54, 1.807) is 0 Å². The van der Waals surface area contributed by atoms with Crippen LogP contribution in [0.5, 0.6) is 0 Å². The summed E-state index contributed by atoms with van der Waals surface area (Å²) in [7, 11) is -9.91. The van der Waals surface area contributed by atoms with Crippen LogP contribution in [0.1, 0.15) is 395 Å². The van der Waals surface area contributed by atoms with Gasteiger partial charge in [-0.2, -0.15) is 0 Å². The van der Waals surface area contributed by atoms with Crippen LogP contribution in [0.3, 0.4) is 0 Å². The predicted octanol–water partition coefficient (Wildman–Crippen LogP) is 22.6. The van der Waals surface area contributed by atoms with Crippen molar-refractivity contribution in [1.29, 1.82) is 0 Å². The Balaban J connectivity index is 5.16. The van der Waals surface area contributed by atoms with Crippen molar-refractivity contribution >= 4 is 39.5 Å². The van der Waals surface area contributed by atoms with Crippen LogP contribution in [0.2, 0.25) is 0 Å². The predicted molar refractivity (Wildman–Crippen MR) is 391 cm³/mol. The molecule has 0 aliphatic carbocycles. The van der Waals surface area contributed by atoms with Gasteiger partial charge in [-0.3, -0.25) is 37.3 Å². The van der Waals surface area contributed by atoms with E-state index in [4.69, 9.17) is 37.0 Å². The van der Waals surface area contributed by atoms with E-state index >= 15 is 0 Å². The number of rotatable bonds is 75.